The molecule has 2 aliphatic rings. The van der Waals surface area contributed by atoms with E-state index in [2.05, 4.69) is 10.4 Å². The highest BCUT2D eigenvalue weighted by Crippen LogP contribution is 2.43. The fraction of sp³-hybridized carbons (Fsp3) is 0.474. The van der Waals surface area contributed by atoms with Crippen LogP contribution in [-0.4, -0.2) is 48.2 Å². The smallest absolute Gasteiger partial charge is 0.251 e. The Kier molecular flexibility index (Phi) is 4.55. The number of fused-ring (bicyclic) bond motifs is 1. The fourth-order valence-electron chi connectivity index (χ4n) is 4.06. The topological polar surface area (TPSA) is 65.4 Å². The van der Waals surface area contributed by atoms with Gasteiger partial charge in [0.25, 0.3) is 5.91 Å². The van der Waals surface area contributed by atoms with Crippen molar-refractivity contribution in [3.05, 3.63) is 53.9 Å². The van der Waals surface area contributed by atoms with Crippen LogP contribution in [0.5, 0.6) is 0 Å². The van der Waals surface area contributed by atoms with E-state index >= 15 is 0 Å². The number of hydrogen-bond acceptors (Lipinski definition) is 4. The molecule has 6 heteroatoms. The summed E-state index contributed by atoms with van der Waals surface area (Å²) in [5.74, 6) is 0.629. The maximum absolute atomic E-state index is 12.7. The van der Waals surface area contributed by atoms with Gasteiger partial charge in [0.15, 0.2) is 0 Å². The molecule has 0 bridgehead atoms. The van der Waals surface area contributed by atoms with E-state index in [1.54, 1.807) is 13.3 Å². The van der Waals surface area contributed by atoms with Gasteiger partial charge in [-0.3, -0.25) is 9.48 Å². The summed E-state index contributed by atoms with van der Waals surface area (Å²) in [6.07, 6.45) is 4.91. The molecule has 2 aromatic rings. The van der Waals surface area contributed by atoms with Gasteiger partial charge in [0, 0.05) is 49.6 Å². The van der Waals surface area contributed by atoms with E-state index in [1.165, 1.54) is 0 Å². The van der Waals surface area contributed by atoms with Crippen molar-refractivity contribution in [2.24, 2.45) is 11.8 Å². The van der Waals surface area contributed by atoms with E-state index in [0.717, 1.165) is 18.6 Å². The average molecular weight is 341 g/mol. The van der Waals surface area contributed by atoms with Crippen molar-refractivity contribution in [3.63, 3.8) is 0 Å². The van der Waals surface area contributed by atoms with Crippen LogP contribution in [0, 0.1) is 11.8 Å². The quantitative estimate of drug-likeness (QED) is 0.869. The molecule has 1 N–H and O–H groups in total. The molecular formula is C19H23N3O3. The number of hydrogen-bond donors (Lipinski definition) is 1. The zero-order valence-corrected chi connectivity index (χ0v) is 14.3. The van der Waals surface area contributed by atoms with Gasteiger partial charge in [0.1, 0.15) is 0 Å². The second kappa shape index (κ2) is 6.98. The number of aromatic nitrogens is 2. The van der Waals surface area contributed by atoms with Crippen molar-refractivity contribution >= 4 is 5.91 Å². The molecule has 2 fully saturated rings. The van der Waals surface area contributed by atoms with Gasteiger partial charge >= 0.3 is 0 Å². The first-order valence-electron chi connectivity index (χ1n) is 8.74. The lowest BCUT2D eigenvalue weighted by Gasteiger charge is -2.47. The lowest BCUT2D eigenvalue weighted by atomic mass is 9.67. The Balaban J connectivity index is 1.44. The molecule has 4 rings (SSSR count). The number of benzene rings is 1. The van der Waals surface area contributed by atoms with E-state index in [1.807, 2.05) is 41.2 Å². The zero-order valence-electron chi connectivity index (χ0n) is 14.3. The summed E-state index contributed by atoms with van der Waals surface area (Å²) in [7, 11) is 1.69. The SMILES string of the molecule is COC[C@H]1[C@@H](NC(=O)c2cccc(Cn3cccn3)c2)[C@H]2CCO[C@H]21. The second-order valence-corrected chi connectivity index (χ2v) is 6.81. The number of carbonyl (C=O) groups is 1. The Labute approximate surface area is 147 Å². The number of nitrogens with zero attached hydrogens (tertiary/aromatic N) is 2. The van der Waals surface area contributed by atoms with Crippen molar-refractivity contribution in [1.29, 1.82) is 0 Å². The standard InChI is InChI=1S/C19H23N3O3/c1-24-12-16-17(15-6-9-25-18(15)16)21-19(23)14-5-2-4-13(10-14)11-22-8-3-7-20-22/h2-5,7-8,10,15-18H,6,9,11-12H2,1H3,(H,21,23)/t15-,16+,17+,18-/m1/s1. The van der Waals surface area contributed by atoms with Gasteiger partial charge in [-0.15, -0.1) is 0 Å². The Morgan fingerprint density at radius 3 is 3.16 bits per heavy atom. The minimum absolute atomic E-state index is 0.0289. The first-order valence-corrected chi connectivity index (χ1v) is 8.74. The van der Waals surface area contributed by atoms with Crippen molar-refractivity contribution in [2.75, 3.05) is 20.3 Å². The molecule has 0 spiro atoms. The summed E-state index contributed by atoms with van der Waals surface area (Å²) in [6, 6.07) is 9.75. The molecule has 1 saturated carbocycles. The van der Waals surface area contributed by atoms with Crippen molar-refractivity contribution in [3.8, 4) is 0 Å². The maximum atomic E-state index is 12.7. The van der Waals surface area contributed by atoms with Crippen LogP contribution in [0.15, 0.2) is 42.7 Å². The minimum atomic E-state index is -0.0289. The zero-order chi connectivity index (χ0) is 17.2. The van der Waals surface area contributed by atoms with Crippen molar-refractivity contribution < 1.29 is 14.3 Å². The summed E-state index contributed by atoms with van der Waals surface area (Å²) in [4.78, 5) is 12.7. The van der Waals surface area contributed by atoms with E-state index in [4.69, 9.17) is 9.47 Å². The predicted octanol–water partition coefficient (Wildman–Crippen LogP) is 1.71. The van der Waals surface area contributed by atoms with Gasteiger partial charge in [-0.05, 0) is 30.2 Å². The molecule has 132 valence electrons. The number of nitrogens with one attached hydrogen (secondary N) is 1. The highest BCUT2D eigenvalue weighted by molar-refractivity contribution is 5.94. The van der Waals surface area contributed by atoms with Crippen LogP contribution in [0.2, 0.25) is 0 Å². The maximum Gasteiger partial charge on any atom is 0.251 e. The number of ether oxygens (including phenoxy) is 2. The van der Waals surface area contributed by atoms with E-state index in [-0.39, 0.29) is 24.0 Å². The van der Waals surface area contributed by atoms with E-state index in [0.29, 0.717) is 24.6 Å². The third-order valence-electron chi connectivity index (χ3n) is 5.28. The highest BCUT2D eigenvalue weighted by atomic mass is 16.5. The van der Waals surface area contributed by atoms with Crippen LogP contribution >= 0.6 is 0 Å². The Hall–Kier alpha value is -2.18. The van der Waals surface area contributed by atoms with Crippen LogP contribution in [0.3, 0.4) is 0 Å². The molecule has 6 nitrogen and oxygen atoms in total. The van der Waals surface area contributed by atoms with Crippen LogP contribution in [-0.2, 0) is 16.0 Å². The third-order valence-corrected chi connectivity index (χ3v) is 5.28. The fourth-order valence-corrected chi connectivity index (χ4v) is 4.06. The van der Waals surface area contributed by atoms with Crippen LogP contribution in [0.1, 0.15) is 22.3 Å². The van der Waals surface area contributed by atoms with Crippen molar-refractivity contribution in [1.82, 2.24) is 15.1 Å². The molecular weight excluding hydrogens is 318 g/mol. The van der Waals surface area contributed by atoms with Crippen molar-refractivity contribution in [2.45, 2.75) is 25.1 Å². The largest absolute Gasteiger partial charge is 0.384 e. The second-order valence-electron chi connectivity index (χ2n) is 6.81. The summed E-state index contributed by atoms with van der Waals surface area (Å²) >= 11 is 0. The molecule has 1 aliphatic heterocycles. The highest BCUT2D eigenvalue weighted by Gasteiger charge is 2.54. The molecule has 0 radical (unpaired) electrons. The predicted molar refractivity (Wildman–Crippen MR) is 92.2 cm³/mol. The minimum Gasteiger partial charge on any atom is -0.384 e. The lowest BCUT2D eigenvalue weighted by Crippen LogP contribution is -2.62. The van der Waals surface area contributed by atoms with Gasteiger partial charge in [-0.1, -0.05) is 12.1 Å². The van der Waals surface area contributed by atoms with Gasteiger partial charge in [0.05, 0.1) is 19.3 Å². The number of amides is 1. The molecule has 1 aliphatic carbocycles. The summed E-state index contributed by atoms with van der Waals surface area (Å²) < 4.78 is 12.9. The van der Waals surface area contributed by atoms with E-state index < -0.39 is 0 Å². The van der Waals surface area contributed by atoms with Crippen LogP contribution < -0.4 is 5.32 Å². The first kappa shape index (κ1) is 16.3. The summed E-state index contributed by atoms with van der Waals surface area (Å²) in [5, 5.41) is 7.42. The summed E-state index contributed by atoms with van der Waals surface area (Å²) in [5.41, 5.74) is 1.74. The molecule has 1 aromatic carbocycles. The van der Waals surface area contributed by atoms with E-state index in [9.17, 15) is 4.79 Å². The first-order chi connectivity index (χ1) is 12.3. The molecule has 1 aromatic heterocycles. The Morgan fingerprint density at radius 1 is 1.44 bits per heavy atom. The number of methoxy groups -OCH3 is 1. The van der Waals surface area contributed by atoms with Crippen LogP contribution in [0.25, 0.3) is 0 Å². The van der Waals surface area contributed by atoms with Crippen LogP contribution in [0.4, 0.5) is 0 Å². The van der Waals surface area contributed by atoms with Gasteiger partial charge in [-0.2, -0.15) is 5.10 Å². The van der Waals surface area contributed by atoms with Gasteiger partial charge in [-0.25, -0.2) is 0 Å². The molecule has 2 heterocycles. The average Bonchev–Trinajstić information content (AvgIpc) is 3.28. The Bertz CT molecular complexity index is 731. The monoisotopic (exact) mass is 341 g/mol. The normalized spacial score (nSPS) is 27.6. The Morgan fingerprint density at radius 2 is 2.36 bits per heavy atom. The third kappa shape index (κ3) is 3.19. The molecule has 1 amide bonds. The lowest BCUT2D eigenvalue weighted by molar-refractivity contribution is -0.0809. The molecule has 25 heavy (non-hydrogen) atoms. The number of carbonyl (C=O) groups excluding carboxylic acids is 1. The molecule has 1 saturated heterocycles. The summed E-state index contributed by atoms with van der Waals surface area (Å²) in [6.45, 7) is 2.05. The number of rotatable bonds is 6. The van der Waals surface area contributed by atoms with Gasteiger partial charge < -0.3 is 14.8 Å². The van der Waals surface area contributed by atoms with Gasteiger partial charge in [0.2, 0.25) is 0 Å². The molecule has 0 unspecified atom stereocenters. The molecule has 4 atom stereocenters.